The van der Waals surface area contributed by atoms with E-state index in [1.165, 1.54) is 5.56 Å². The van der Waals surface area contributed by atoms with Crippen LogP contribution in [0.25, 0.3) is 0 Å². The van der Waals surface area contributed by atoms with E-state index in [9.17, 15) is 4.79 Å². The highest BCUT2D eigenvalue weighted by molar-refractivity contribution is 5.70. The summed E-state index contributed by atoms with van der Waals surface area (Å²) < 4.78 is 13.3. The van der Waals surface area contributed by atoms with Crippen molar-refractivity contribution >= 4 is 6.09 Å². The van der Waals surface area contributed by atoms with Crippen LogP contribution >= 0.6 is 0 Å². The Bertz CT molecular complexity index is 732. The van der Waals surface area contributed by atoms with Crippen LogP contribution in [0.5, 0.6) is 5.75 Å². The van der Waals surface area contributed by atoms with Crippen LogP contribution in [0.4, 0.5) is 4.79 Å². The minimum absolute atomic E-state index is 0.288. The highest BCUT2D eigenvalue weighted by Crippen LogP contribution is 2.29. The third-order valence-corrected chi connectivity index (χ3v) is 4.99. The van der Waals surface area contributed by atoms with Gasteiger partial charge in [0.1, 0.15) is 18.0 Å². The Morgan fingerprint density at radius 2 is 2.19 bits per heavy atom. The molecule has 1 aromatic heterocycles. The van der Waals surface area contributed by atoms with Gasteiger partial charge in [-0.15, -0.1) is 0 Å². The number of piperidine rings is 1. The summed E-state index contributed by atoms with van der Waals surface area (Å²) >= 11 is 0. The van der Waals surface area contributed by atoms with E-state index in [-0.39, 0.29) is 11.7 Å². The molecule has 7 nitrogen and oxygen atoms in total. The van der Waals surface area contributed by atoms with Crippen LogP contribution in [-0.2, 0) is 17.8 Å². The van der Waals surface area contributed by atoms with Crippen molar-refractivity contribution in [3.05, 3.63) is 48.5 Å². The minimum Gasteiger partial charge on any atom is -0.492 e. The average molecular weight is 356 g/mol. The highest BCUT2D eigenvalue weighted by atomic mass is 16.6. The number of alkyl carbamates (subject to hydrolysis) is 1. The van der Waals surface area contributed by atoms with Gasteiger partial charge in [-0.3, -0.25) is 4.90 Å². The van der Waals surface area contributed by atoms with Crippen molar-refractivity contribution in [1.29, 1.82) is 0 Å². The maximum atomic E-state index is 11.4. The number of carbonyl (C=O) groups is 1. The predicted octanol–water partition coefficient (Wildman–Crippen LogP) is 2.04. The van der Waals surface area contributed by atoms with Crippen LogP contribution < -0.4 is 10.1 Å². The number of nitrogens with one attached hydrogen (secondary N) is 1. The number of carbonyl (C=O) groups excluding carboxylic acids is 1. The van der Waals surface area contributed by atoms with Crippen LogP contribution in [0.15, 0.2) is 43.0 Å². The van der Waals surface area contributed by atoms with Crippen molar-refractivity contribution in [2.45, 2.75) is 31.5 Å². The molecule has 3 heterocycles. The molecule has 1 amide bonds. The maximum absolute atomic E-state index is 11.4. The zero-order valence-corrected chi connectivity index (χ0v) is 14.8. The standard InChI is InChI=1S/C19H24N4O3/c24-18-21-13-19(26-18)6-1-8-23(14-19)12-16-2-4-17(5-3-16)25-11-10-22-9-7-20-15-22/h2-5,7,9,15H,1,6,8,10-14H2,(H,21,24)/t19-/m1/s1. The van der Waals surface area contributed by atoms with Crippen molar-refractivity contribution in [3.63, 3.8) is 0 Å². The van der Waals surface area contributed by atoms with Gasteiger partial charge in [-0.25, -0.2) is 9.78 Å². The number of aromatic nitrogens is 2. The lowest BCUT2D eigenvalue weighted by atomic mass is 9.93. The van der Waals surface area contributed by atoms with Crippen LogP contribution in [0.2, 0.25) is 0 Å². The van der Waals surface area contributed by atoms with E-state index in [1.807, 2.05) is 22.9 Å². The van der Waals surface area contributed by atoms with Gasteiger partial charge in [0.05, 0.1) is 19.4 Å². The van der Waals surface area contributed by atoms with Crippen LogP contribution in [0, 0.1) is 0 Å². The fourth-order valence-corrected chi connectivity index (χ4v) is 3.69. The second-order valence-electron chi connectivity index (χ2n) is 7.03. The van der Waals surface area contributed by atoms with E-state index < -0.39 is 0 Å². The van der Waals surface area contributed by atoms with Crippen molar-refractivity contribution in [1.82, 2.24) is 19.8 Å². The van der Waals surface area contributed by atoms with Crippen molar-refractivity contribution in [2.75, 3.05) is 26.2 Å². The van der Waals surface area contributed by atoms with E-state index in [0.717, 1.165) is 44.8 Å². The molecule has 1 N–H and O–H groups in total. The van der Waals surface area contributed by atoms with Gasteiger partial charge in [0.2, 0.25) is 0 Å². The molecule has 1 spiro atoms. The second-order valence-corrected chi connectivity index (χ2v) is 7.03. The lowest BCUT2D eigenvalue weighted by Crippen LogP contribution is -2.50. The first-order valence-electron chi connectivity index (χ1n) is 9.08. The topological polar surface area (TPSA) is 68.6 Å². The molecule has 0 radical (unpaired) electrons. The Hall–Kier alpha value is -2.54. The largest absolute Gasteiger partial charge is 0.492 e. The summed E-state index contributed by atoms with van der Waals surface area (Å²) in [4.78, 5) is 17.8. The Kier molecular flexibility index (Phi) is 4.79. The first-order valence-corrected chi connectivity index (χ1v) is 9.08. The number of rotatable bonds is 6. The van der Waals surface area contributed by atoms with Crippen molar-refractivity contribution < 1.29 is 14.3 Å². The maximum Gasteiger partial charge on any atom is 0.407 e. The summed E-state index contributed by atoms with van der Waals surface area (Å²) in [6.07, 6.45) is 7.17. The molecule has 2 aromatic rings. The molecular formula is C19H24N4O3. The van der Waals surface area contributed by atoms with Gasteiger partial charge in [-0.05, 0) is 37.1 Å². The Morgan fingerprint density at radius 1 is 1.31 bits per heavy atom. The fourth-order valence-electron chi connectivity index (χ4n) is 3.69. The number of hydrogen-bond acceptors (Lipinski definition) is 5. The van der Waals surface area contributed by atoms with Gasteiger partial charge in [-0.2, -0.15) is 0 Å². The molecule has 1 aromatic carbocycles. The number of imidazole rings is 1. The van der Waals surface area contributed by atoms with Gasteiger partial charge >= 0.3 is 6.09 Å². The summed E-state index contributed by atoms with van der Waals surface area (Å²) in [6, 6.07) is 8.24. The summed E-state index contributed by atoms with van der Waals surface area (Å²) in [7, 11) is 0. The molecule has 26 heavy (non-hydrogen) atoms. The van der Waals surface area contributed by atoms with E-state index in [2.05, 4.69) is 27.3 Å². The normalized spacial score (nSPS) is 23.0. The van der Waals surface area contributed by atoms with Gasteiger partial charge in [0, 0.05) is 25.5 Å². The lowest BCUT2D eigenvalue weighted by molar-refractivity contribution is -0.0111. The number of ether oxygens (including phenoxy) is 2. The molecule has 0 bridgehead atoms. The predicted molar refractivity (Wildman–Crippen MR) is 95.9 cm³/mol. The van der Waals surface area contributed by atoms with Gasteiger partial charge in [0.25, 0.3) is 0 Å². The highest BCUT2D eigenvalue weighted by Gasteiger charge is 2.43. The average Bonchev–Trinajstić information content (AvgIpc) is 3.27. The zero-order chi connectivity index (χ0) is 17.8. The van der Waals surface area contributed by atoms with Crippen LogP contribution in [0.3, 0.4) is 0 Å². The quantitative estimate of drug-likeness (QED) is 0.858. The van der Waals surface area contributed by atoms with Crippen molar-refractivity contribution in [3.8, 4) is 5.75 Å². The van der Waals surface area contributed by atoms with Crippen LogP contribution in [0.1, 0.15) is 18.4 Å². The molecule has 2 saturated heterocycles. The van der Waals surface area contributed by atoms with Gasteiger partial charge in [-0.1, -0.05) is 12.1 Å². The first-order chi connectivity index (χ1) is 12.7. The first kappa shape index (κ1) is 16.9. The monoisotopic (exact) mass is 356 g/mol. The zero-order valence-electron chi connectivity index (χ0n) is 14.8. The molecule has 7 heteroatoms. The molecule has 138 valence electrons. The SMILES string of the molecule is O=C1NC[C@@]2(CCCN(Cc3ccc(OCCn4ccnc4)cc3)C2)O1. The molecular weight excluding hydrogens is 332 g/mol. The van der Waals surface area contributed by atoms with E-state index in [1.54, 1.807) is 12.5 Å². The van der Waals surface area contributed by atoms with E-state index >= 15 is 0 Å². The molecule has 2 fully saturated rings. The summed E-state index contributed by atoms with van der Waals surface area (Å²) in [6.45, 7) is 4.69. The van der Waals surface area contributed by atoms with Gasteiger partial charge < -0.3 is 19.4 Å². The minimum atomic E-state index is -0.342. The number of nitrogens with zero attached hydrogens (tertiary/aromatic N) is 3. The molecule has 0 unspecified atom stereocenters. The molecule has 0 aliphatic carbocycles. The van der Waals surface area contributed by atoms with Crippen LogP contribution in [-0.4, -0.2) is 52.4 Å². The second kappa shape index (κ2) is 7.37. The summed E-state index contributed by atoms with van der Waals surface area (Å²) in [5.74, 6) is 0.873. The Labute approximate surface area is 152 Å². The number of likely N-dealkylation sites (tertiary alicyclic amines) is 1. The van der Waals surface area contributed by atoms with E-state index in [0.29, 0.717) is 13.2 Å². The number of amides is 1. The molecule has 1 atom stereocenters. The molecule has 2 aliphatic rings. The third-order valence-electron chi connectivity index (χ3n) is 4.99. The number of benzene rings is 1. The number of hydrogen-bond donors (Lipinski definition) is 1. The summed E-state index contributed by atoms with van der Waals surface area (Å²) in [5, 5.41) is 2.79. The molecule has 2 aliphatic heterocycles. The third kappa shape index (κ3) is 3.99. The molecule has 0 saturated carbocycles. The van der Waals surface area contributed by atoms with Crippen molar-refractivity contribution in [2.24, 2.45) is 0 Å². The Morgan fingerprint density at radius 3 is 2.92 bits per heavy atom. The smallest absolute Gasteiger partial charge is 0.407 e. The van der Waals surface area contributed by atoms with Gasteiger partial charge in [0.15, 0.2) is 0 Å². The summed E-state index contributed by atoms with van der Waals surface area (Å²) in [5.41, 5.74) is 0.896. The fraction of sp³-hybridized carbons (Fsp3) is 0.474. The lowest BCUT2D eigenvalue weighted by Gasteiger charge is -2.38. The Balaban J connectivity index is 1.27. The molecule has 4 rings (SSSR count). The van der Waals surface area contributed by atoms with E-state index in [4.69, 9.17) is 9.47 Å².